The molecule has 1 aliphatic rings. The molecule has 3 atom stereocenters. The van der Waals surface area contributed by atoms with Gasteiger partial charge in [0.1, 0.15) is 23.9 Å². The molecular weight excluding hydrogens is 572 g/mol. The lowest BCUT2D eigenvalue weighted by atomic mass is 9.84. The molecule has 0 radical (unpaired) electrons. The second-order valence-electron chi connectivity index (χ2n) is 14.1. The van der Waals surface area contributed by atoms with Gasteiger partial charge in [0, 0.05) is 17.6 Å². The monoisotopic (exact) mass is 630 g/mol. The summed E-state index contributed by atoms with van der Waals surface area (Å²) in [5.74, 6) is 3.23. The van der Waals surface area contributed by atoms with E-state index in [9.17, 15) is 5.11 Å². The van der Waals surface area contributed by atoms with Gasteiger partial charge in [-0.25, -0.2) is 0 Å². The molecule has 3 unspecified atom stereocenters. The van der Waals surface area contributed by atoms with Crippen LogP contribution in [0.5, 0.6) is 17.2 Å². The lowest BCUT2D eigenvalue weighted by Crippen LogP contribution is -2.46. The van der Waals surface area contributed by atoms with E-state index in [1.165, 1.54) is 48.8 Å². The van der Waals surface area contributed by atoms with Crippen LogP contribution in [0, 0.1) is 5.92 Å². The van der Waals surface area contributed by atoms with Crippen molar-refractivity contribution >= 4 is 0 Å². The van der Waals surface area contributed by atoms with E-state index in [1.807, 2.05) is 26.1 Å². The number of benzene rings is 3. The van der Waals surface area contributed by atoms with Gasteiger partial charge >= 0.3 is 0 Å². The van der Waals surface area contributed by atoms with E-state index in [4.69, 9.17) is 14.2 Å². The molecule has 3 aromatic carbocycles. The maximum atomic E-state index is 9.85. The highest BCUT2D eigenvalue weighted by Crippen LogP contribution is 2.37. The first-order chi connectivity index (χ1) is 22.1. The third-order valence-corrected chi connectivity index (χ3v) is 9.69. The Bertz CT molecular complexity index is 1280. The molecule has 6 heteroatoms. The topological polar surface area (TPSA) is 63.2 Å². The fourth-order valence-electron chi connectivity index (χ4n) is 6.76. The summed E-state index contributed by atoms with van der Waals surface area (Å²) in [5, 5.41) is 13.4. The highest BCUT2D eigenvalue weighted by Gasteiger charge is 2.33. The number of nitrogens with one attached hydrogen (secondary N) is 1. The summed E-state index contributed by atoms with van der Waals surface area (Å²) in [7, 11) is 4.25. The molecular formula is C40H58N2O4. The predicted octanol–water partition coefficient (Wildman–Crippen LogP) is 9.41. The van der Waals surface area contributed by atoms with Crippen LogP contribution in [-0.4, -0.2) is 49.1 Å². The Morgan fingerprint density at radius 2 is 1.43 bits per heavy atom. The largest absolute Gasteiger partial charge is 0.508 e. The van der Waals surface area contributed by atoms with Gasteiger partial charge in [-0.05, 0) is 125 Å². The van der Waals surface area contributed by atoms with Gasteiger partial charge in [0.2, 0.25) is 0 Å². The van der Waals surface area contributed by atoms with Gasteiger partial charge in [-0.15, -0.1) is 0 Å². The van der Waals surface area contributed by atoms with Crippen LogP contribution in [-0.2, 0) is 4.74 Å². The summed E-state index contributed by atoms with van der Waals surface area (Å²) in [4.78, 5) is 2.50. The second-order valence-corrected chi connectivity index (χ2v) is 14.1. The van der Waals surface area contributed by atoms with Gasteiger partial charge in [-0.2, -0.15) is 0 Å². The van der Waals surface area contributed by atoms with Gasteiger partial charge in [0.25, 0.3) is 0 Å². The van der Waals surface area contributed by atoms with Crippen molar-refractivity contribution in [1.82, 2.24) is 10.2 Å². The zero-order valence-electron chi connectivity index (χ0n) is 29.3. The standard InChI is InChI=1S/C40H58N2O4/c1-29(2)27-39(34-13-19-35(43)20-14-34)42(7)40(4,5)28-38(41-6)33-17-23-37(24-18-33)46-30(3)44-25-26-45-36-21-15-32(16-22-36)31-11-9-8-10-12-31/h13-24,29-31,38-39,41,43H,8-12,25-28H2,1-7H3. The van der Waals surface area contributed by atoms with Crippen molar-refractivity contribution in [3.63, 3.8) is 0 Å². The molecule has 3 aromatic rings. The molecule has 0 aliphatic heterocycles. The van der Waals surface area contributed by atoms with Gasteiger partial charge in [-0.1, -0.05) is 69.5 Å². The molecule has 0 spiro atoms. The average Bonchev–Trinajstić information content (AvgIpc) is 3.05. The lowest BCUT2D eigenvalue weighted by Gasteiger charge is -2.44. The van der Waals surface area contributed by atoms with E-state index in [0.29, 0.717) is 30.8 Å². The van der Waals surface area contributed by atoms with E-state index in [0.717, 1.165) is 24.3 Å². The first kappa shape index (κ1) is 35.8. The quantitative estimate of drug-likeness (QED) is 0.114. The minimum Gasteiger partial charge on any atom is -0.508 e. The molecule has 46 heavy (non-hydrogen) atoms. The molecule has 252 valence electrons. The Morgan fingerprint density at radius 3 is 2.04 bits per heavy atom. The minimum atomic E-state index is -0.381. The van der Waals surface area contributed by atoms with E-state index >= 15 is 0 Å². The van der Waals surface area contributed by atoms with Crippen molar-refractivity contribution in [2.45, 2.75) is 109 Å². The summed E-state index contributed by atoms with van der Waals surface area (Å²) in [6.45, 7) is 12.0. The molecule has 1 fully saturated rings. The zero-order valence-corrected chi connectivity index (χ0v) is 29.3. The molecule has 0 amide bonds. The Morgan fingerprint density at radius 1 is 0.826 bits per heavy atom. The highest BCUT2D eigenvalue weighted by molar-refractivity contribution is 5.31. The minimum absolute atomic E-state index is 0.0951. The fourth-order valence-corrected chi connectivity index (χ4v) is 6.76. The van der Waals surface area contributed by atoms with Crippen LogP contribution in [0.4, 0.5) is 0 Å². The van der Waals surface area contributed by atoms with E-state index in [1.54, 1.807) is 12.1 Å². The number of hydrogen-bond acceptors (Lipinski definition) is 6. The zero-order chi connectivity index (χ0) is 33.1. The molecule has 2 N–H and O–H groups in total. The Balaban J connectivity index is 1.25. The molecule has 0 saturated heterocycles. The second kappa shape index (κ2) is 17.2. The first-order valence-corrected chi connectivity index (χ1v) is 17.4. The molecule has 4 rings (SSSR count). The van der Waals surface area contributed by atoms with Crippen LogP contribution in [0.15, 0.2) is 72.8 Å². The number of phenolic OH excluding ortho intramolecular Hbond substituents is 1. The Kier molecular flexibility index (Phi) is 13.4. The number of rotatable bonds is 17. The van der Waals surface area contributed by atoms with Gasteiger partial charge in [-0.3, -0.25) is 4.90 Å². The van der Waals surface area contributed by atoms with E-state index < -0.39 is 0 Å². The summed E-state index contributed by atoms with van der Waals surface area (Å²) in [6.07, 6.45) is 8.28. The third-order valence-electron chi connectivity index (χ3n) is 9.69. The molecule has 0 aromatic heterocycles. The molecule has 1 saturated carbocycles. The number of nitrogens with zero attached hydrogens (tertiary/aromatic N) is 1. The number of ether oxygens (including phenoxy) is 3. The van der Waals surface area contributed by atoms with Crippen molar-refractivity contribution < 1.29 is 19.3 Å². The molecule has 0 bridgehead atoms. The Labute approximate surface area is 278 Å². The maximum absolute atomic E-state index is 9.85. The van der Waals surface area contributed by atoms with Crippen molar-refractivity contribution in [2.75, 3.05) is 27.3 Å². The van der Waals surface area contributed by atoms with E-state index in [2.05, 4.69) is 93.5 Å². The summed E-state index contributed by atoms with van der Waals surface area (Å²) in [5.41, 5.74) is 3.80. The molecule has 0 heterocycles. The van der Waals surface area contributed by atoms with Crippen molar-refractivity contribution in [1.29, 1.82) is 0 Å². The van der Waals surface area contributed by atoms with Crippen molar-refractivity contribution in [3.8, 4) is 17.2 Å². The van der Waals surface area contributed by atoms with Crippen molar-refractivity contribution in [3.05, 3.63) is 89.5 Å². The number of phenols is 1. The van der Waals surface area contributed by atoms with Crippen LogP contribution >= 0.6 is 0 Å². The molecule has 1 aliphatic carbocycles. The van der Waals surface area contributed by atoms with Crippen LogP contribution in [0.25, 0.3) is 0 Å². The smallest absolute Gasteiger partial charge is 0.197 e. The van der Waals surface area contributed by atoms with Crippen LogP contribution in [0.1, 0.15) is 114 Å². The maximum Gasteiger partial charge on any atom is 0.197 e. The number of hydrogen-bond donors (Lipinski definition) is 2. The van der Waals surface area contributed by atoms with E-state index in [-0.39, 0.29) is 23.9 Å². The predicted molar refractivity (Wildman–Crippen MR) is 189 cm³/mol. The number of aromatic hydroxyl groups is 1. The van der Waals surface area contributed by atoms with Crippen molar-refractivity contribution in [2.24, 2.45) is 5.92 Å². The SMILES string of the molecule is CNC(CC(C)(C)N(C)C(CC(C)C)c1ccc(O)cc1)c1ccc(OC(C)OCCOc2ccc(C3CCCCC3)cc2)cc1. The summed E-state index contributed by atoms with van der Waals surface area (Å²) < 4.78 is 17.9. The molecule has 6 nitrogen and oxygen atoms in total. The average molecular weight is 631 g/mol. The lowest BCUT2D eigenvalue weighted by molar-refractivity contribution is -0.0739. The third kappa shape index (κ3) is 10.5. The van der Waals surface area contributed by atoms with Crippen LogP contribution < -0.4 is 14.8 Å². The van der Waals surface area contributed by atoms with Gasteiger partial charge in [0.05, 0.1) is 6.61 Å². The van der Waals surface area contributed by atoms with Crippen LogP contribution in [0.2, 0.25) is 0 Å². The Hall–Kier alpha value is -3.06. The first-order valence-electron chi connectivity index (χ1n) is 17.4. The fraction of sp³-hybridized carbons (Fsp3) is 0.550. The summed E-state index contributed by atoms with van der Waals surface area (Å²) in [6, 6.07) is 25.1. The van der Waals surface area contributed by atoms with Gasteiger partial charge < -0.3 is 24.6 Å². The van der Waals surface area contributed by atoms with Gasteiger partial charge in [0.15, 0.2) is 6.29 Å². The summed E-state index contributed by atoms with van der Waals surface area (Å²) >= 11 is 0. The van der Waals surface area contributed by atoms with Crippen LogP contribution in [0.3, 0.4) is 0 Å². The normalized spacial score (nSPS) is 16.4. The highest BCUT2D eigenvalue weighted by atomic mass is 16.7.